The normalized spacial score (nSPS) is 24.0. The number of allylic oxidation sites excluding steroid dienone is 1. The molecule has 1 aliphatic rings. The second-order valence-electron chi connectivity index (χ2n) is 3.44. The van der Waals surface area contributed by atoms with Crippen molar-refractivity contribution >= 4 is 8.53 Å². The largest absolute Gasteiger partial charge is 0.438 e. The molecule has 11 heavy (non-hydrogen) atoms. The van der Waals surface area contributed by atoms with Crippen molar-refractivity contribution in [2.75, 3.05) is 7.11 Å². The fourth-order valence-corrected chi connectivity index (χ4v) is 1.70. The Morgan fingerprint density at radius 1 is 1.55 bits per heavy atom. The summed E-state index contributed by atoms with van der Waals surface area (Å²) in [7, 11) is 0.748. The summed E-state index contributed by atoms with van der Waals surface area (Å²) in [4.78, 5) is 0. The molecule has 0 saturated carbocycles. The van der Waals surface area contributed by atoms with Gasteiger partial charge in [-0.1, -0.05) is 20.8 Å². The van der Waals surface area contributed by atoms with Crippen LogP contribution in [0.25, 0.3) is 0 Å². The highest BCUT2D eigenvalue weighted by atomic mass is 31.2. The lowest BCUT2D eigenvalue weighted by Crippen LogP contribution is -2.17. The number of hydrogen-bond acceptors (Lipinski definition) is 3. The van der Waals surface area contributed by atoms with Gasteiger partial charge in [0, 0.05) is 12.5 Å². The Morgan fingerprint density at radius 2 is 2.18 bits per heavy atom. The smallest absolute Gasteiger partial charge is 0.349 e. The molecule has 0 saturated heterocycles. The minimum Gasteiger partial charge on any atom is -0.438 e. The summed E-state index contributed by atoms with van der Waals surface area (Å²) in [6, 6.07) is 0. The molecule has 0 bridgehead atoms. The van der Waals surface area contributed by atoms with Crippen LogP contribution in [0.5, 0.6) is 0 Å². The molecule has 0 aromatic carbocycles. The average molecular weight is 175 g/mol. The van der Waals surface area contributed by atoms with Gasteiger partial charge in [0.2, 0.25) is 0 Å². The molecule has 0 aromatic rings. The molecule has 64 valence electrons. The van der Waals surface area contributed by atoms with E-state index in [-0.39, 0.29) is 5.41 Å². The van der Waals surface area contributed by atoms with Crippen LogP contribution in [0.1, 0.15) is 20.8 Å². The van der Waals surface area contributed by atoms with E-state index in [9.17, 15) is 0 Å². The van der Waals surface area contributed by atoms with Gasteiger partial charge in [0.05, 0.1) is 5.70 Å². The van der Waals surface area contributed by atoms with Gasteiger partial charge >= 0.3 is 8.53 Å². The maximum atomic E-state index is 5.21. The first-order valence-electron chi connectivity index (χ1n) is 3.52. The van der Waals surface area contributed by atoms with Crippen molar-refractivity contribution in [1.29, 1.82) is 0 Å². The molecule has 0 amide bonds. The van der Waals surface area contributed by atoms with Crippen LogP contribution in [0.3, 0.4) is 0 Å². The molecular formula is C7H14NO2P. The van der Waals surface area contributed by atoms with Gasteiger partial charge in [0.25, 0.3) is 0 Å². The molecule has 1 N–H and O–H groups in total. The molecule has 1 rings (SSSR count). The van der Waals surface area contributed by atoms with Crippen LogP contribution in [-0.2, 0) is 9.05 Å². The minimum atomic E-state index is -0.889. The van der Waals surface area contributed by atoms with Gasteiger partial charge in [0.15, 0.2) is 0 Å². The predicted molar refractivity (Wildman–Crippen MR) is 45.7 cm³/mol. The van der Waals surface area contributed by atoms with Crippen LogP contribution in [0.15, 0.2) is 12.0 Å². The molecule has 0 spiro atoms. The summed E-state index contributed by atoms with van der Waals surface area (Å²) in [5.41, 5.74) is 1.22. The molecular weight excluding hydrogens is 161 g/mol. The quantitative estimate of drug-likeness (QED) is 0.620. The van der Waals surface area contributed by atoms with Crippen molar-refractivity contribution in [2.45, 2.75) is 20.8 Å². The van der Waals surface area contributed by atoms with Crippen molar-refractivity contribution in [3.63, 3.8) is 0 Å². The molecule has 0 aliphatic carbocycles. The second-order valence-corrected chi connectivity index (χ2v) is 4.75. The zero-order valence-electron chi connectivity index (χ0n) is 7.34. The van der Waals surface area contributed by atoms with Crippen LogP contribution < -0.4 is 5.09 Å². The zero-order valence-corrected chi connectivity index (χ0v) is 8.24. The Kier molecular flexibility index (Phi) is 2.40. The van der Waals surface area contributed by atoms with Gasteiger partial charge in [-0.15, -0.1) is 0 Å². The van der Waals surface area contributed by atoms with Gasteiger partial charge in [-0.25, -0.2) is 0 Å². The monoisotopic (exact) mass is 175 g/mol. The van der Waals surface area contributed by atoms with Crippen LogP contribution in [0, 0.1) is 5.41 Å². The van der Waals surface area contributed by atoms with Gasteiger partial charge < -0.3 is 14.1 Å². The van der Waals surface area contributed by atoms with Crippen molar-refractivity contribution < 1.29 is 9.05 Å². The Morgan fingerprint density at radius 3 is 2.45 bits per heavy atom. The van der Waals surface area contributed by atoms with Crippen LogP contribution in [0.2, 0.25) is 0 Å². The van der Waals surface area contributed by atoms with E-state index < -0.39 is 8.53 Å². The van der Waals surface area contributed by atoms with E-state index in [1.54, 1.807) is 13.4 Å². The van der Waals surface area contributed by atoms with E-state index in [4.69, 9.17) is 9.05 Å². The summed E-state index contributed by atoms with van der Waals surface area (Å²) >= 11 is 0. The Bertz CT molecular complexity index is 174. The number of hydrogen-bond donors (Lipinski definition) is 1. The first-order chi connectivity index (χ1) is 5.04. The Hall–Kier alpha value is -0.270. The highest BCUT2D eigenvalue weighted by Crippen LogP contribution is 2.43. The lowest BCUT2D eigenvalue weighted by molar-refractivity contribution is 0.375. The predicted octanol–water partition coefficient (Wildman–Crippen LogP) is 2.37. The highest BCUT2D eigenvalue weighted by molar-refractivity contribution is 7.45. The van der Waals surface area contributed by atoms with Crippen molar-refractivity contribution in [3.8, 4) is 0 Å². The average Bonchev–Trinajstić information content (AvgIpc) is 2.32. The molecule has 1 atom stereocenters. The molecule has 0 fully saturated rings. The van der Waals surface area contributed by atoms with E-state index >= 15 is 0 Å². The molecule has 1 aliphatic heterocycles. The Balaban J connectivity index is 2.53. The van der Waals surface area contributed by atoms with Crippen LogP contribution in [-0.4, -0.2) is 7.11 Å². The summed E-state index contributed by atoms with van der Waals surface area (Å²) in [6.07, 6.45) is 1.75. The maximum Gasteiger partial charge on any atom is 0.349 e. The van der Waals surface area contributed by atoms with Gasteiger partial charge in [-0.3, -0.25) is 0 Å². The second kappa shape index (κ2) is 3.00. The zero-order chi connectivity index (χ0) is 8.48. The lowest BCUT2D eigenvalue weighted by atomic mass is 9.93. The highest BCUT2D eigenvalue weighted by Gasteiger charge is 2.26. The van der Waals surface area contributed by atoms with Gasteiger partial charge in [-0.05, 0) is 0 Å². The van der Waals surface area contributed by atoms with Crippen LogP contribution in [0.4, 0.5) is 0 Å². The summed E-state index contributed by atoms with van der Waals surface area (Å²) in [6.45, 7) is 6.39. The molecule has 1 unspecified atom stereocenters. The fraction of sp³-hybridized carbons (Fsp3) is 0.714. The third kappa shape index (κ3) is 2.08. The standard InChI is InChI=1S/C7H14NO2P/c1-7(2,3)6-5-10-11(8-6)9-4/h5,8H,1-4H3. The SMILES string of the molecule is COP1NC(C(C)(C)C)=CO1. The van der Waals surface area contributed by atoms with E-state index in [0.29, 0.717) is 0 Å². The first-order valence-corrected chi connectivity index (χ1v) is 4.70. The molecule has 3 nitrogen and oxygen atoms in total. The summed E-state index contributed by atoms with van der Waals surface area (Å²) in [5.74, 6) is 0. The van der Waals surface area contributed by atoms with E-state index in [2.05, 4.69) is 25.9 Å². The van der Waals surface area contributed by atoms with Gasteiger partial charge in [0.1, 0.15) is 6.26 Å². The van der Waals surface area contributed by atoms with E-state index in [0.717, 1.165) is 5.70 Å². The van der Waals surface area contributed by atoms with Crippen molar-refractivity contribution in [3.05, 3.63) is 12.0 Å². The lowest BCUT2D eigenvalue weighted by Gasteiger charge is -2.19. The Labute approximate surface area is 68.7 Å². The fourth-order valence-electron chi connectivity index (χ4n) is 0.685. The topological polar surface area (TPSA) is 30.5 Å². The van der Waals surface area contributed by atoms with Gasteiger partial charge in [-0.2, -0.15) is 0 Å². The minimum absolute atomic E-state index is 0.121. The van der Waals surface area contributed by atoms with E-state index in [1.807, 2.05) is 0 Å². The maximum absolute atomic E-state index is 5.21. The summed E-state index contributed by atoms with van der Waals surface area (Å²) < 4.78 is 10.2. The molecule has 1 heterocycles. The molecule has 4 heteroatoms. The molecule has 0 radical (unpaired) electrons. The van der Waals surface area contributed by atoms with Crippen molar-refractivity contribution in [1.82, 2.24) is 5.09 Å². The molecule has 0 aromatic heterocycles. The van der Waals surface area contributed by atoms with E-state index in [1.165, 1.54) is 0 Å². The van der Waals surface area contributed by atoms with Crippen LogP contribution >= 0.6 is 8.53 Å². The first kappa shape index (κ1) is 8.82. The number of rotatable bonds is 1. The third-order valence-corrected chi connectivity index (χ3v) is 2.50. The van der Waals surface area contributed by atoms with Crippen molar-refractivity contribution in [2.24, 2.45) is 5.41 Å². The number of nitrogens with one attached hydrogen (secondary N) is 1. The summed E-state index contributed by atoms with van der Waals surface area (Å²) in [5, 5.41) is 3.16. The third-order valence-electron chi connectivity index (χ3n) is 1.45.